The van der Waals surface area contributed by atoms with Gasteiger partial charge in [0.2, 0.25) is 0 Å². The Balaban J connectivity index is 1.53. The zero-order valence-corrected chi connectivity index (χ0v) is 19.6. The Morgan fingerprint density at radius 3 is 2.53 bits per heavy atom. The maximum Gasteiger partial charge on any atom is 0.131 e. The number of fused-ring (bicyclic) bond motifs is 1. The van der Waals surface area contributed by atoms with Gasteiger partial charge in [-0.25, -0.2) is 4.39 Å². The third-order valence-electron chi connectivity index (χ3n) is 6.56. The first-order valence-corrected chi connectivity index (χ1v) is 11.7. The summed E-state index contributed by atoms with van der Waals surface area (Å²) in [4.78, 5) is 12.3. The van der Waals surface area contributed by atoms with E-state index in [1.807, 2.05) is 30.3 Å². The molecule has 5 nitrogen and oxygen atoms in total. The van der Waals surface area contributed by atoms with Crippen LogP contribution in [-0.2, 0) is 4.74 Å². The van der Waals surface area contributed by atoms with Crippen molar-refractivity contribution in [2.75, 3.05) is 53.1 Å². The number of benzene rings is 2. The van der Waals surface area contributed by atoms with E-state index in [9.17, 15) is 4.39 Å². The fourth-order valence-electron chi connectivity index (χ4n) is 4.86. The average Bonchev–Trinajstić information content (AvgIpc) is 2.80. The first-order chi connectivity index (χ1) is 15.6. The van der Waals surface area contributed by atoms with E-state index in [0.29, 0.717) is 24.7 Å². The average molecular weight is 439 g/mol. The van der Waals surface area contributed by atoms with Gasteiger partial charge in [0.25, 0.3) is 0 Å². The highest BCUT2D eigenvalue weighted by atomic mass is 19.1. The Labute approximate surface area is 191 Å². The Morgan fingerprint density at radius 2 is 1.81 bits per heavy atom. The SMILES string of the molecule is CCCC(C)N1CCN(CC2=CN(COC)CC(c3ccc(F)c4ccccc34)=N2)CC1. The highest BCUT2D eigenvalue weighted by molar-refractivity contribution is 6.12. The molecule has 0 radical (unpaired) electrons. The summed E-state index contributed by atoms with van der Waals surface area (Å²) in [5, 5.41) is 1.54. The van der Waals surface area contributed by atoms with Crippen LogP contribution in [0.15, 0.2) is 53.3 Å². The molecule has 0 bridgehead atoms. The number of hydrogen-bond donors (Lipinski definition) is 0. The molecule has 172 valence electrons. The zero-order valence-electron chi connectivity index (χ0n) is 19.6. The molecule has 1 unspecified atom stereocenters. The number of piperazine rings is 1. The molecule has 2 aliphatic heterocycles. The third kappa shape index (κ3) is 5.20. The molecule has 2 heterocycles. The quantitative estimate of drug-likeness (QED) is 0.614. The molecule has 1 atom stereocenters. The lowest BCUT2D eigenvalue weighted by Crippen LogP contribution is -2.50. The summed E-state index contributed by atoms with van der Waals surface area (Å²) in [6, 6.07) is 11.7. The molecule has 4 rings (SSSR count). The molecule has 2 aromatic rings. The summed E-state index contributed by atoms with van der Waals surface area (Å²) < 4.78 is 19.8. The number of hydrogen-bond acceptors (Lipinski definition) is 5. The van der Waals surface area contributed by atoms with Crippen LogP contribution in [0.25, 0.3) is 10.8 Å². The van der Waals surface area contributed by atoms with E-state index in [4.69, 9.17) is 9.73 Å². The van der Waals surface area contributed by atoms with E-state index < -0.39 is 0 Å². The summed E-state index contributed by atoms with van der Waals surface area (Å²) in [6.45, 7) is 10.9. The number of methoxy groups -OCH3 is 1. The van der Waals surface area contributed by atoms with Crippen LogP contribution < -0.4 is 0 Å². The zero-order chi connectivity index (χ0) is 22.5. The Kier molecular flexibility index (Phi) is 7.55. The molecule has 0 aliphatic carbocycles. The standard InChI is InChI=1S/C26H35FN4O/c1-4-7-20(2)31-14-12-29(13-15-31)16-21-17-30(19-32-3)18-26(28-21)24-10-11-25(27)23-9-6-5-8-22(23)24/h5-6,8-11,17,20H,4,7,12-16,18-19H2,1-3H3. The molecule has 2 aliphatic rings. The van der Waals surface area contributed by atoms with Gasteiger partial charge in [-0.2, -0.15) is 0 Å². The lowest BCUT2D eigenvalue weighted by Gasteiger charge is -2.38. The second kappa shape index (κ2) is 10.6. The van der Waals surface area contributed by atoms with Gasteiger partial charge in [-0.15, -0.1) is 0 Å². The van der Waals surface area contributed by atoms with Crippen molar-refractivity contribution in [3.8, 4) is 0 Å². The summed E-state index contributed by atoms with van der Waals surface area (Å²) in [7, 11) is 1.71. The molecule has 0 N–H and O–H groups in total. The van der Waals surface area contributed by atoms with Gasteiger partial charge >= 0.3 is 0 Å². The van der Waals surface area contributed by atoms with Crippen molar-refractivity contribution < 1.29 is 9.13 Å². The van der Waals surface area contributed by atoms with Crippen molar-refractivity contribution >= 4 is 16.5 Å². The van der Waals surface area contributed by atoms with Crippen molar-refractivity contribution in [3.05, 3.63) is 59.7 Å². The minimum Gasteiger partial charge on any atom is -0.364 e. The third-order valence-corrected chi connectivity index (χ3v) is 6.56. The highest BCUT2D eigenvalue weighted by Crippen LogP contribution is 2.25. The lowest BCUT2D eigenvalue weighted by molar-refractivity contribution is 0.0974. The number of nitrogens with zero attached hydrogens (tertiary/aromatic N) is 4. The van der Waals surface area contributed by atoms with E-state index >= 15 is 0 Å². The van der Waals surface area contributed by atoms with Gasteiger partial charge in [0.1, 0.15) is 12.5 Å². The Bertz CT molecular complexity index is 981. The van der Waals surface area contributed by atoms with Crippen molar-refractivity contribution in [1.82, 2.24) is 14.7 Å². The summed E-state index contributed by atoms with van der Waals surface area (Å²) in [6.07, 6.45) is 4.61. The Morgan fingerprint density at radius 1 is 1.06 bits per heavy atom. The van der Waals surface area contributed by atoms with E-state index in [-0.39, 0.29) is 5.82 Å². The number of aliphatic imine (C=N–C) groups is 1. The molecule has 0 amide bonds. The maximum absolute atomic E-state index is 14.4. The first kappa shape index (κ1) is 22.9. The van der Waals surface area contributed by atoms with E-state index in [1.165, 1.54) is 12.8 Å². The summed E-state index contributed by atoms with van der Waals surface area (Å²) in [5.41, 5.74) is 2.99. The number of ether oxygens (including phenoxy) is 1. The smallest absolute Gasteiger partial charge is 0.131 e. The fourth-order valence-corrected chi connectivity index (χ4v) is 4.86. The van der Waals surface area contributed by atoms with Gasteiger partial charge in [0.05, 0.1) is 18.0 Å². The fraction of sp³-hybridized carbons (Fsp3) is 0.500. The molecule has 32 heavy (non-hydrogen) atoms. The van der Waals surface area contributed by atoms with Gasteiger partial charge in [-0.3, -0.25) is 14.8 Å². The molecule has 6 heteroatoms. The molecular formula is C26H35FN4O. The molecule has 0 saturated carbocycles. The van der Waals surface area contributed by atoms with Crippen LogP contribution in [0, 0.1) is 5.82 Å². The minimum absolute atomic E-state index is 0.194. The van der Waals surface area contributed by atoms with Crippen molar-refractivity contribution in [1.29, 1.82) is 0 Å². The van der Waals surface area contributed by atoms with E-state index in [2.05, 4.69) is 34.7 Å². The molecule has 0 spiro atoms. The minimum atomic E-state index is -0.194. The first-order valence-electron chi connectivity index (χ1n) is 11.7. The molecule has 0 aromatic heterocycles. The van der Waals surface area contributed by atoms with Gasteiger partial charge in [-0.1, -0.05) is 37.6 Å². The van der Waals surface area contributed by atoms with Crippen LogP contribution in [0.1, 0.15) is 32.3 Å². The van der Waals surface area contributed by atoms with E-state index in [1.54, 1.807) is 13.2 Å². The van der Waals surface area contributed by atoms with Crippen LogP contribution in [0.5, 0.6) is 0 Å². The van der Waals surface area contributed by atoms with Crippen LogP contribution in [0.4, 0.5) is 4.39 Å². The van der Waals surface area contributed by atoms with Crippen molar-refractivity contribution in [2.45, 2.75) is 32.7 Å². The summed E-state index contributed by atoms with van der Waals surface area (Å²) >= 11 is 0. The molecule has 2 aromatic carbocycles. The maximum atomic E-state index is 14.4. The van der Waals surface area contributed by atoms with Crippen LogP contribution in [0.2, 0.25) is 0 Å². The second-order valence-electron chi connectivity index (χ2n) is 8.93. The van der Waals surface area contributed by atoms with Gasteiger partial charge in [0, 0.05) is 63.0 Å². The van der Waals surface area contributed by atoms with Gasteiger partial charge in [0.15, 0.2) is 0 Å². The Hall–Kier alpha value is -2.28. The number of rotatable bonds is 8. The lowest BCUT2D eigenvalue weighted by atomic mass is 9.99. The topological polar surface area (TPSA) is 31.3 Å². The predicted molar refractivity (Wildman–Crippen MR) is 129 cm³/mol. The van der Waals surface area contributed by atoms with Crippen LogP contribution >= 0.6 is 0 Å². The molecular weight excluding hydrogens is 403 g/mol. The monoisotopic (exact) mass is 438 g/mol. The molecule has 1 saturated heterocycles. The largest absolute Gasteiger partial charge is 0.364 e. The van der Waals surface area contributed by atoms with Crippen molar-refractivity contribution in [2.24, 2.45) is 4.99 Å². The van der Waals surface area contributed by atoms with Crippen molar-refractivity contribution in [3.63, 3.8) is 0 Å². The normalized spacial score (nSPS) is 19.2. The van der Waals surface area contributed by atoms with E-state index in [0.717, 1.165) is 55.1 Å². The van der Waals surface area contributed by atoms with Crippen LogP contribution in [-0.4, -0.2) is 79.6 Å². The van der Waals surface area contributed by atoms with Crippen LogP contribution in [0.3, 0.4) is 0 Å². The highest BCUT2D eigenvalue weighted by Gasteiger charge is 2.23. The van der Waals surface area contributed by atoms with Gasteiger partial charge < -0.3 is 9.64 Å². The number of halogens is 1. The predicted octanol–water partition coefficient (Wildman–Crippen LogP) is 4.34. The van der Waals surface area contributed by atoms with Gasteiger partial charge in [-0.05, 0) is 30.9 Å². The summed E-state index contributed by atoms with van der Waals surface area (Å²) in [5.74, 6) is -0.194. The second-order valence-corrected chi connectivity index (χ2v) is 8.93. The molecule has 1 fully saturated rings.